The molecule has 110 valence electrons. The van der Waals surface area contributed by atoms with Crippen LogP contribution in [0.2, 0.25) is 0 Å². The molecule has 1 saturated heterocycles. The van der Waals surface area contributed by atoms with Gasteiger partial charge in [0.1, 0.15) is 6.04 Å². The highest BCUT2D eigenvalue weighted by Gasteiger charge is 2.24. The van der Waals surface area contributed by atoms with Crippen LogP contribution in [0.4, 0.5) is 0 Å². The predicted molar refractivity (Wildman–Crippen MR) is 80.6 cm³/mol. The molecule has 1 unspecified atom stereocenters. The molecule has 5 nitrogen and oxygen atoms in total. The molecule has 4 N–H and O–H groups in total. The first kappa shape index (κ1) is 15.1. The van der Waals surface area contributed by atoms with Gasteiger partial charge in [0.15, 0.2) is 0 Å². The fraction of sp³-hybridized carbons (Fsp3) is 0.375. The minimum absolute atomic E-state index is 0.121. The summed E-state index contributed by atoms with van der Waals surface area (Å²) in [6.45, 7) is 2.88. The Kier molecular flexibility index (Phi) is 4.96. The Morgan fingerprint density at radius 1 is 1.52 bits per heavy atom. The lowest BCUT2D eigenvalue weighted by atomic mass is 10.0. The number of piperidine rings is 1. The Labute approximate surface area is 124 Å². The largest absolute Gasteiger partial charge is 0.354 e. The van der Waals surface area contributed by atoms with Crippen molar-refractivity contribution < 1.29 is 9.59 Å². The number of benzene rings is 1. The summed E-state index contributed by atoms with van der Waals surface area (Å²) in [5, 5.41) is 5.51. The van der Waals surface area contributed by atoms with E-state index in [1.54, 1.807) is 12.1 Å². The van der Waals surface area contributed by atoms with Gasteiger partial charge < -0.3 is 16.4 Å². The molecule has 0 saturated carbocycles. The van der Waals surface area contributed by atoms with Crippen LogP contribution in [-0.2, 0) is 4.79 Å². The second-order valence-electron chi connectivity index (χ2n) is 4.99. The first-order valence-corrected chi connectivity index (χ1v) is 7.00. The van der Waals surface area contributed by atoms with Gasteiger partial charge in [0.25, 0.3) is 5.91 Å². The van der Waals surface area contributed by atoms with Gasteiger partial charge in [0.2, 0.25) is 5.91 Å². The maximum atomic E-state index is 12.2. The van der Waals surface area contributed by atoms with Gasteiger partial charge in [-0.3, -0.25) is 9.59 Å². The normalized spacial score (nSPS) is 17.4. The number of nitrogens with one attached hydrogen (secondary N) is 2. The number of carbonyl (C=O) groups excluding carboxylic acids is 2. The molecule has 1 atom stereocenters. The summed E-state index contributed by atoms with van der Waals surface area (Å²) in [4.78, 5) is 23.9. The van der Waals surface area contributed by atoms with Gasteiger partial charge >= 0.3 is 0 Å². The summed E-state index contributed by atoms with van der Waals surface area (Å²) >= 11 is 0. The molecule has 2 rings (SSSR count). The quantitative estimate of drug-likeness (QED) is 0.684. The molecule has 0 aliphatic carbocycles. The average molecular weight is 285 g/mol. The average Bonchev–Trinajstić information content (AvgIpc) is 2.48. The molecule has 1 aliphatic rings. The smallest absolute Gasteiger partial charge is 0.251 e. The summed E-state index contributed by atoms with van der Waals surface area (Å²) in [5.41, 5.74) is 7.63. The molecule has 5 heteroatoms. The van der Waals surface area contributed by atoms with E-state index in [1.807, 2.05) is 13.0 Å². The van der Waals surface area contributed by atoms with E-state index in [2.05, 4.69) is 22.5 Å². The molecule has 0 aromatic heterocycles. The van der Waals surface area contributed by atoms with Gasteiger partial charge in [0.05, 0.1) is 6.54 Å². The molecule has 2 amide bonds. The molecule has 1 fully saturated rings. The molecule has 0 spiro atoms. The van der Waals surface area contributed by atoms with Crippen LogP contribution in [0, 0.1) is 18.8 Å². The third-order valence-corrected chi connectivity index (χ3v) is 3.42. The molecule has 21 heavy (non-hydrogen) atoms. The highest BCUT2D eigenvalue weighted by molar-refractivity contribution is 5.98. The number of amides is 2. The van der Waals surface area contributed by atoms with Crippen molar-refractivity contribution in [1.82, 2.24) is 10.6 Å². The van der Waals surface area contributed by atoms with Crippen molar-refractivity contribution >= 4 is 11.8 Å². The Hall–Kier alpha value is -2.32. The molecule has 1 aromatic carbocycles. The van der Waals surface area contributed by atoms with Gasteiger partial charge in [-0.1, -0.05) is 17.9 Å². The SMILES string of the molecule is Cc1ccc(C(=O)NC2CCCNC2=O)cc1C#CCN. The van der Waals surface area contributed by atoms with Crippen LogP contribution >= 0.6 is 0 Å². The lowest BCUT2D eigenvalue weighted by molar-refractivity contribution is -0.124. The zero-order valence-electron chi connectivity index (χ0n) is 12.0. The number of rotatable bonds is 2. The Morgan fingerprint density at radius 2 is 2.33 bits per heavy atom. The van der Waals surface area contributed by atoms with Crippen LogP contribution in [0.15, 0.2) is 18.2 Å². The van der Waals surface area contributed by atoms with Crippen molar-refractivity contribution in [3.63, 3.8) is 0 Å². The van der Waals surface area contributed by atoms with Crippen LogP contribution in [0.25, 0.3) is 0 Å². The van der Waals surface area contributed by atoms with Crippen LogP contribution < -0.4 is 16.4 Å². The zero-order chi connectivity index (χ0) is 15.2. The van der Waals surface area contributed by atoms with Gasteiger partial charge in [-0.15, -0.1) is 0 Å². The number of aryl methyl sites for hydroxylation is 1. The monoisotopic (exact) mass is 285 g/mol. The fourth-order valence-corrected chi connectivity index (χ4v) is 2.20. The number of carbonyl (C=O) groups is 2. The van der Waals surface area contributed by atoms with Crippen molar-refractivity contribution in [2.75, 3.05) is 13.1 Å². The van der Waals surface area contributed by atoms with E-state index in [9.17, 15) is 9.59 Å². The summed E-state index contributed by atoms with van der Waals surface area (Å²) in [7, 11) is 0. The lowest BCUT2D eigenvalue weighted by Crippen LogP contribution is -2.50. The van der Waals surface area contributed by atoms with E-state index in [4.69, 9.17) is 5.73 Å². The highest BCUT2D eigenvalue weighted by atomic mass is 16.2. The molecular weight excluding hydrogens is 266 g/mol. The molecule has 0 bridgehead atoms. The molecular formula is C16H19N3O2. The summed E-state index contributed by atoms with van der Waals surface area (Å²) in [5.74, 6) is 5.35. The second-order valence-corrected chi connectivity index (χ2v) is 4.99. The van der Waals surface area contributed by atoms with E-state index in [0.29, 0.717) is 18.5 Å². The standard InChI is InChI=1S/C16H19N3O2/c1-11-6-7-13(10-12(11)4-2-8-17)15(20)19-14-5-3-9-18-16(14)21/h6-7,10,14H,3,5,8-9,17H2,1H3,(H,18,21)(H,19,20). The third-order valence-electron chi connectivity index (χ3n) is 3.42. The van der Waals surface area contributed by atoms with Gasteiger partial charge in [0, 0.05) is 17.7 Å². The van der Waals surface area contributed by atoms with Gasteiger partial charge in [-0.05, 0) is 37.5 Å². The van der Waals surface area contributed by atoms with E-state index in [1.165, 1.54) is 0 Å². The van der Waals surface area contributed by atoms with Crippen LogP contribution in [-0.4, -0.2) is 30.9 Å². The van der Waals surface area contributed by atoms with E-state index in [-0.39, 0.29) is 18.4 Å². The Balaban J connectivity index is 2.13. The maximum Gasteiger partial charge on any atom is 0.251 e. The van der Waals surface area contributed by atoms with Crippen molar-refractivity contribution in [2.45, 2.75) is 25.8 Å². The molecule has 0 radical (unpaired) electrons. The number of nitrogens with two attached hydrogens (primary N) is 1. The number of hydrogen-bond donors (Lipinski definition) is 3. The highest BCUT2D eigenvalue weighted by Crippen LogP contribution is 2.11. The summed E-state index contributed by atoms with van der Waals surface area (Å²) in [6, 6.07) is 4.86. The first-order chi connectivity index (χ1) is 10.1. The predicted octanol–water partition coefficient (Wildman–Crippen LogP) is 0.314. The third kappa shape index (κ3) is 3.83. The van der Waals surface area contributed by atoms with Gasteiger partial charge in [-0.25, -0.2) is 0 Å². The first-order valence-electron chi connectivity index (χ1n) is 7.00. The molecule has 1 aromatic rings. The lowest BCUT2D eigenvalue weighted by Gasteiger charge is -2.22. The van der Waals surface area contributed by atoms with E-state index < -0.39 is 6.04 Å². The van der Waals surface area contributed by atoms with E-state index >= 15 is 0 Å². The van der Waals surface area contributed by atoms with E-state index in [0.717, 1.165) is 17.5 Å². The zero-order valence-corrected chi connectivity index (χ0v) is 12.0. The Bertz CT molecular complexity index is 614. The van der Waals surface area contributed by atoms with Crippen molar-refractivity contribution in [1.29, 1.82) is 0 Å². The Morgan fingerprint density at radius 3 is 3.05 bits per heavy atom. The van der Waals surface area contributed by atoms with Crippen molar-refractivity contribution in [2.24, 2.45) is 5.73 Å². The topological polar surface area (TPSA) is 84.2 Å². The molecule has 1 heterocycles. The maximum absolute atomic E-state index is 12.2. The van der Waals surface area contributed by atoms with Crippen LogP contribution in [0.5, 0.6) is 0 Å². The fourth-order valence-electron chi connectivity index (χ4n) is 2.20. The van der Waals surface area contributed by atoms with Crippen LogP contribution in [0.3, 0.4) is 0 Å². The minimum atomic E-state index is -0.453. The van der Waals surface area contributed by atoms with Crippen molar-refractivity contribution in [3.05, 3.63) is 34.9 Å². The summed E-state index contributed by atoms with van der Waals surface area (Å²) in [6.07, 6.45) is 1.54. The van der Waals surface area contributed by atoms with Gasteiger partial charge in [-0.2, -0.15) is 0 Å². The molecule has 1 aliphatic heterocycles. The van der Waals surface area contributed by atoms with Crippen molar-refractivity contribution in [3.8, 4) is 11.8 Å². The second kappa shape index (κ2) is 6.91. The summed E-state index contributed by atoms with van der Waals surface area (Å²) < 4.78 is 0. The minimum Gasteiger partial charge on any atom is -0.354 e. The number of hydrogen-bond acceptors (Lipinski definition) is 3. The van der Waals surface area contributed by atoms with Crippen LogP contribution in [0.1, 0.15) is 34.3 Å².